The van der Waals surface area contributed by atoms with Crippen LogP contribution < -0.4 is 4.74 Å². The fraction of sp³-hybridized carbons (Fsp3) is 0.500. The average Bonchev–Trinajstić information content (AvgIpc) is 2.59. The molecular weight excluding hydrogens is 310 g/mol. The van der Waals surface area contributed by atoms with E-state index in [0.717, 1.165) is 0 Å². The van der Waals surface area contributed by atoms with Gasteiger partial charge in [-0.25, -0.2) is 0 Å². The number of aliphatic carboxylic acids is 1. The van der Waals surface area contributed by atoms with Gasteiger partial charge in [-0.05, 0) is 44.0 Å². The number of carboxylic acid groups (broad SMARTS) is 1. The van der Waals surface area contributed by atoms with Crippen LogP contribution in [0.15, 0.2) is 24.3 Å². The van der Waals surface area contributed by atoms with E-state index in [4.69, 9.17) is 9.84 Å². The third kappa shape index (κ3) is 4.34. The Bertz CT molecular complexity index is 610. The molecule has 1 heterocycles. The lowest BCUT2D eigenvalue weighted by Crippen LogP contribution is -2.47. The van der Waals surface area contributed by atoms with Crippen molar-refractivity contribution in [3.8, 4) is 5.75 Å². The molecule has 1 fully saturated rings. The number of ketones is 1. The second kappa shape index (κ2) is 7.95. The number of amides is 1. The zero-order valence-corrected chi connectivity index (χ0v) is 14.0. The summed E-state index contributed by atoms with van der Waals surface area (Å²) in [5.41, 5.74) is 0.540. The number of hydrogen-bond donors (Lipinski definition) is 1. The minimum absolute atomic E-state index is 0.0178. The third-order valence-electron chi connectivity index (χ3n) is 4.53. The first-order valence-corrected chi connectivity index (χ1v) is 8.12. The lowest BCUT2D eigenvalue weighted by atomic mass is 9.93. The van der Waals surface area contributed by atoms with Gasteiger partial charge in [0.15, 0.2) is 5.78 Å². The number of rotatable bonds is 6. The number of nitrogens with zero attached hydrogens (tertiary/aromatic N) is 1. The number of benzene rings is 1. The van der Waals surface area contributed by atoms with Gasteiger partial charge in [-0.2, -0.15) is 0 Å². The van der Waals surface area contributed by atoms with Crippen LogP contribution in [0, 0.1) is 5.92 Å². The molecule has 0 aromatic heterocycles. The van der Waals surface area contributed by atoms with Crippen molar-refractivity contribution in [2.75, 3.05) is 13.7 Å². The Morgan fingerprint density at radius 1 is 1.17 bits per heavy atom. The van der Waals surface area contributed by atoms with Crippen LogP contribution in [0.1, 0.15) is 43.0 Å². The summed E-state index contributed by atoms with van der Waals surface area (Å²) < 4.78 is 5.05. The highest BCUT2D eigenvalue weighted by Crippen LogP contribution is 2.23. The van der Waals surface area contributed by atoms with Gasteiger partial charge < -0.3 is 14.7 Å². The maximum absolute atomic E-state index is 12.4. The number of carboxylic acids is 1. The summed E-state index contributed by atoms with van der Waals surface area (Å²) in [4.78, 5) is 37.3. The first-order valence-electron chi connectivity index (χ1n) is 8.12. The smallest absolute Gasteiger partial charge is 0.308 e. The van der Waals surface area contributed by atoms with E-state index < -0.39 is 11.9 Å². The summed E-state index contributed by atoms with van der Waals surface area (Å²) in [7, 11) is 1.56. The van der Waals surface area contributed by atoms with Crippen molar-refractivity contribution in [1.82, 2.24) is 4.90 Å². The molecule has 2 atom stereocenters. The van der Waals surface area contributed by atoms with Gasteiger partial charge in [0.2, 0.25) is 5.91 Å². The van der Waals surface area contributed by atoms with Crippen molar-refractivity contribution in [2.24, 2.45) is 5.92 Å². The summed E-state index contributed by atoms with van der Waals surface area (Å²) in [6.07, 6.45) is 1.48. The van der Waals surface area contributed by atoms with Crippen LogP contribution in [-0.4, -0.2) is 47.4 Å². The van der Waals surface area contributed by atoms with E-state index in [1.54, 1.807) is 36.3 Å². The Morgan fingerprint density at radius 3 is 2.42 bits per heavy atom. The van der Waals surface area contributed by atoms with Gasteiger partial charge in [-0.15, -0.1) is 0 Å². The molecular formula is C18H23NO5. The molecule has 0 spiro atoms. The number of carbonyl (C=O) groups excluding carboxylic acids is 2. The molecule has 1 aliphatic rings. The normalized spacial score (nSPS) is 20.5. The number of likely N-dealkylation sites (tertiary alicyclic amines) is 1. The van der Waals surface area contributed by atoms with Gasteiger partial charge >= 0.3 is 5.97 Å². The highest BCUT2D eigenvalue weighted by atomic mass is 16.5. The van der Waals surface area contributed by atoms with E-state index in [-0.39, 0.29) is 37.1 Å². The van der Waals surface area contributed by atoms with Gasteiger partial charge in [-0.1, -0.05) is 0 Å². The second-order valence-electron chi connectivity index (χ2n) is 6.16. The van der Waals surface area contributed by atoms with Crippen molar-refractivity contribution in [3.63, 3.8) is 0 Å². The molecule has 1 saturated heterocycles. The van der Waals surface area contributed by atoms with E-state index in [9.17, 15) is 14.4 Å². The number of methoxy groups -OCH3 is 1. The summed E-state index contributed by atoms with van der Waals surface area (Å²) in [5.74, 6) is -0.971. The number of carbonyl (C=O) groups is 3. The Hall–Kier alpha value is -2.37. The zero-order chi connectivity index (χ0) is 17.7. The lowest BCUT2D eigenvalue weighted by Gasteiger charge is -2.36. The van der Waals surface area contributed by atoms with Crippen LogP contribution in [-0.2, 0) is 9.59 Å². The molecule has 1 aromatic rings. The van der Waals surface area contributed by atoms with E-state index in [1.165, 1.54) is 0 Å². The summed E-state index contributed by atoms with van der Waals surface area (Å²) >= 11 is 0. The predicted molar refractivity (Wildman–Crippen MR) is 88.1 cm³/mol. The Morgan fingerprint density at radius 2 is 1.83 bits per heavy atom. The van der Waals surface area contributed by atoms with E-state index in [1.807, 2.05) is 6.92 Å². The lowest BCUT2D eigenvalue weighted by molar-refractivity contribution is -0.147. The molecule has 1 aliphatic heterocycles. The Kier molecular flexibility index (Phi) is 5.95. The summed E-state index contributed by atoms with van der Waals surface area (Å²) in [6, 6.07) is 6.79. The van der Waals surface area contributed by atoms with Crippen molar-refractivity contribution in [3.05, 3.63) is 29.8 Å². The second-order valence-corrected chi connectivity index (χ2v) is 6.16. The molecule has 2 unspecified atom stereocenters. The van der Waals surface area contributed by atoms with Gasteiger partial charge in [0.25, 0.3) is 0 Å². The van der Waals surface area contributed by atoms with E-state index in [0.29, 0.717) is 24.2 Å². The summed E-state index contributed by atoms with van der Waals surface area (Å²) in [6.45, 7) is 2.15. The fourth-order valence-corrected chi connectivity index (χ4v) is 2.94. The van der Waals surface area contributed by atoms with Gasteiger partial charge in [0.1, 0.15) is 5.75 Å². The predicted octanol–water partition coefficient (Wildman–Crippen LogP) is 2.37. The molecule has 6 nitrogen and oxygen atoms in total. The minimum atomic E-state index is -0.867. The van der Waals surface area contributed by atoms with Crippen molar-refractivity contribution in [1.29, 1.82) is 0 Å². The van der Waals surface area contributed by atoms with Crippen LogP contribution in [0.3, 0.4) is 0 Å². The highest BCUT2D eigenvalue weighted by molar-refractivity contribution is 5.98. The number of ether oxygens (including phenoxy) is 1. The van der Waals surface area contributed by atoms with Crippen LogP contribution in [0.5, 0.6) is 5.75 Å². The van der Waals surface area contributed by atoms with Gasteiger partial charge in [-0.3, -0.25) is 14.4 Å². The molecule has 6 heteroatoms. The molecule has 0 bridgehead atoms. The SMILES string of the molecule is COc1ccc(C(=O)CCC(=O)N2CC(C(=O)O)CCC2C)cc1. The molecule has 0 radical (unpaired) electrons. The third-order valence-corrected chi connectivity index (χ3v) is 4.53. The number of piperidine rings is 1. The standard InChI is InChI=1S/C18H23NO5/c1-12-3-4-14(18(22)23)11-19(12)17(21)10-9-16(20)13-5-7-15(24-2)8-6-13/h5-8,12,14H,3-4,9-11H2,1-2H3,(H,22,23). The van der Waals surface area contributed by atoms with E-state index >= 15 is 0 Å². The Balaban J connectivity index is 1.91. The summed E-state index contributed by atoms with van der Waals surface area (Å²) in [5, 5.41) is 9.13. The van der Waals surface area contributed by atoms with Crippen molar-refractivity contribution in [2.45, 2.75) is 38.6 Å². The molecule has 2 rings (SSSR count). The van der Waals surface area contributed by atoms with Gasteiger partial charge in [0.05, 0.1) is 13.0 Å². The molecule has 130 valence electrons. The van der Waals surface area contributed by atoms with Crippen LogP contribution in [0.2, 0.25) is 0 Å². The zero-order valence-electron chi connectivity index (χ0n) is 14.0. The van der Waals surface area contributed by atoms with E-state index in [2.05, 4.69) is 0 Å². The van der Waals surface area contributed by atoms with Crippen LogP contribution in [0.4, 0.5) is 0 Å². The average molecular weight is 333 g/mol. The monoisotopic (exact) mass is 333 g/mol. The number of Topliss-reactive ketones (excluding diaryl/α,β-unsaturated/α-hetero) is 1. The molecule has 0 saturated carbocycles. The van der Waals surface area contributed by atoms with Crippen LogP contribution >= 0.6 is 0 Å². The maximum atomic E-state index is 12.4. The van der Waals surface area contributed by atoms with Gasteiger partial charge in [0, 0.05) is 31.0 Å². The minimum Gasteiger partial charge on any atom is -0.497 e. The topological polar surface area (TPSA) is 83.9 Å². The first-order chi connectivity index (χ1) is 11.4. The molecule has 24 heavy (non-hydrogen) atoms. The largest absolute Gasteiger partial charge is 0.497 e. The molecule has 1 aromatic carbocycles. The Labute approximate surface area is 141 Å². The quantitative estimate of drug-likeness (QED) is 0.808. The van der Waals surface area contributed by atoms with Crippen LogP contribution in [0.25, 0.3) is 0 Å². The van der Waals surface area contributed by atoms with Crippen molar-refractivity contribution >= 4 is 17.7 Å². The first kappa shape index (κ1) is 18.0. The van der Waals surface area contributed by atoms with Crippen molar-refractivity contribution < 1.29 is 24.2 Å². The molecule has 0 aliphatic carbocycles. The molecule has 1 amide bonds. The highest BCUT2D eigenvalue weighted by Gasteiger charge is 2.32. The number of hydrogen-bond acceptors (Lipinski definition) is 4. The fourth-order valence-electron chi connectivity index (χ4n) is 2.94. The maximum Gasteiger partial charge on any atom is 0.308 e. The molecule has 1 N–H and O–H groups in total.